The summed E-state index contributed by atoms with van der Waals surface area (Å²) in [4.78, 5) is 0. The van der Waals surface area contributed by atoms with Gasteiger partial charge in [-0.2, -0.15) is 0 Å². The minimum Gasteiger partial charge on any atom is -0.327 e. The highest BCUT2D eigenvalue weighted by Crippen LogP contribution is 2.21. The van der Waals surface area contributed by atoms with Crippen LogP contribution in [-0.2, 0) is 12.8 Å². The molecule has 100 valence electrons. The summed E-state index contributed by atoms with van der Waals surface area (Å²) in [5, 5.41) is 1.24. The molecule has 0 saturated heterocycles. The molecule has 0 heterocycles. The van der Waals surface area contributed by atoms with E-state index in [9.17, 15) is 4.39 Å². The molecule has 19 heavy (non-hydrogen) atoms. The first-order chi connectivity index (χ1) is 9.06. The zero-order chi connectivity index (χ0) is 13.8. The Morgan fingerprint density at radius 3 is 2.32 bits per heavy atom. The predicted octanol–water partition coefficient (Wildman–Crippen LogP) is 4.25. The molecule has 4 heteroatoms. The van der Waals surface area contributed by atoms with Crippen molar-refractivity contribution in [3.63, 3.8) is 0 Å². The van der Waals surface area contributed by atoms with Crippen LogP contribution in [0.4, 0.5) is 4.39 Å². The van der Waals surface area contributed by atoms with Gasteiger partial charge in [-0.25, -0.2) is 4.39 Å². The van der Waals surface area contributed by atoms with Crippen LogP contribution in [0.5, 0.6) is 0 Å². The van der Waals surface area contributed by atoms with Gasteiger partial charge < -0.3 is 5.73 Å². The molecule has 2 aromatic rings. The standard InChI is InChI=1S/C15H14Cl2FN/c16-14-4-2-1-3-10(14)8-13(19)9-11-7-12(18)5-6-15(11)17/h1-7,13H,8-9,19H2. The molecule has 0 fully saturated rings. The first kappa shape index (κ1) is 14.3. The number of rotatable bonds is 4. The normalized spacial score (nSPS) is 12.4. The van der Waals surface area contributed by atoms with Crippen molar-refractivity contribution < 1.29 is 4.39 Å². The molecular formula is C15H14Cl2FN. The topological polar surface area (TPSA) is 26.0 Å². The van der Waals surface area contributed by atoms with E-state index in [1.54, 1.807) is 6.07 Å². The zero-order valence-corrected chi connectivity index (χ0v) is 11.8. The van der Waals surface area contributed by atoms with Gasteiger partial charge in [-0.3, -0.25) is 0 Å². The van der Waals surface area contributed by atoms with Crippen LogP contribution in [0.15, 0.2) is 42.5 Å². The van der Waals surface area contributed by atoms with Crippen molar-refractivity contribution in [2.75, 3.05) is 0 Å². The number of hydrogen-bond donors (Lipinski definition) is 1. The van der Waals surface area contributed by atoms with E-state index < -0.39 is 0 Å². The number of nitrogens with two attached hydrogens (primary N) is 1. The minimum atomic E-state index is -0.302. The molecule has 0 amide bonds. The zero-order valence-electron chi connectivity index (χ0n) is 10.2. The summed E-state index contributed by atoms with van der Waals surface area (Å²) in [5.74, 6) is -0.302. The van der Waals surface area contributed by atoms with Gasteiger partial charge in [0.15, 0.2) is 0 Å². The Morgan fingerprint density at radius 2 is 1.58 bits per heavy atom. The van der Waals surface area contributed by atoms with E-state index >= 15 is 0 Å². The molecule has 2 N–H and O–H groups in total. The fourth-order valence-electron chi connectivity index (χ4n) is 2.00. The molecule has 0 aliphatic heterocycles. The maximum absolute atomic E-state index is 13.2. The van der Waals surface area contributed by atoms with Crippen LogP contribution in [0, 0.1) is 5.82 Å². The van der Waals surface area contributed by atoms with Crippen LogP contribution in [0.3, 0.4) is 0 Å². The van der Waals surface area contributed by atoms with Crippen molar-refractivity contribution in [2.24, 2.45) is 5.73 Å². The molecule has 0 aliphatic rings. The predicted molar refractivity (Wildman–Crippen MR) is 78.2 cm³/mol. The SMILES string of the molecule is NC(Cc1ccccc1Cl)Cc1cc(F)ccc1Cl. The highest BCUT2D eigenvalue weighted by molar-refractivity contribution is 6.31. The van der Waals surface area contributed by atoms with Gasteiger partial charge in [0, 0.05) is 16.1 Å². The smallest absolute Gasteiger partial charge is 0.123 e. The number of halogens is 3. The highest BCUT2D eigenvalue weighted by atomic mass is 35.5. The first-order valence-corrected chi connectivity index (χ1v) is 6.75. The summed E-state index contributed by atoms with van der Waals surface area (Å²) in [6.07, 6.45) is 1.15. The monoisotopic (exact) mass is 297 g/mol. The van der Waals surface area contributed by atoms with E-state index in [4.69, 9.17) is 28.9 Å². The van der Waals surface area contributed by atoms with Crippen LogP contribution in [0.1, 0.15) is 11.1 Å². The van der Waals surface area contributed by atoms with Crippen LogP contribution in [0.25, 0.3) is 0 Å². The van der Waals surface area contributed by atoms with Gasteiger partial charge in [0.05, 0.1) is 0 Å². The summed E-state index contributed by atoms with van der Waals surface area (Å²) in [6, 6.07) is 11.7. The van der Waals surface area contributed by atoms with Gasteiger partial charge in [-0.1, -0.05) is 41.4 Å². The Hall–Kier alpha value is -1.09. The Balaban J connectivity index is 2.07. The van der Waals surface area contributed by atoms with Crippen LogP contribution < -0.4 is 5.73 Å². The average Bonchev–Trinajstić information content (AvgIpc) is 2.37. The molecular weight excluding hydrogens is 284 g/mol. The Kier molecular flexibility index (Phi) is 4.81. The quantitative estimate of drug-likeness (QED) is 0.897. The Morgan fingerprint density at radius 1 is 0.947 bits per heavy atom. The van der Waals surface area contributed by atoms with Crippen LogP contribution in [0.2, 0.25) is 10.0 Å². The van der Waals surface area contributed by atoms with Gasteiger partial charge in [0.25, 0.3) is 0 Å². The third-order valence-corrected chi connectivity index (χ3v) is 3.67. The van der Waals surface area contributed by atoms with Crippen molar-refractivity contribution in [1.82, 2.24) is 0 Å². The molecule has 0 radical (unpaired) electrons. The lowest BCUT2D eigenvalue weighted by Crippen LogP contribution is -2.25. The van der Waals surface area contributed by atoms with E-state index in [1.807, 2.05) is 24.3 Å². The molecule has 0 aromatic heterocycles. The molecule has 0 spiro atoms. The molecule has 1 unspecified atom stereocenters. The Bertz CT molecular complexity index is 572. The van der Waals surface area contributed by atoms with Crippen LogP contribution in [-0.4, -0.2) is 6.04 Å². The van der Waals surface area contributed by atoms with E-state index in [2.05, 4.69) is 0 Å². The van der Waals surface area contributed by atoms with E-state index in [-0.39, 0.29) is 11.9 Å². The lowest BCUT2D eigenvalue weighted by atomic mass is 9.99. The number of benzene rings is 2. The second-order valence-corrected chi connectivity index (χ2v) is 5.31. The molecule has 0 aliphatic carbocycles. The maximum atomic E-state index is 13.2. The molecule has 2 aromatic carbocycles. The largest absolute Gasteiger partial charge is 0.327 e. The molecule has 0 saturated carbocycles. The number of hydrogen-bond acceptors (Lipinski definition) is 1. The minimum absolute atomic E-state index is 0.154. The van der Waals surface area contributed by atoms with Crippen molar-refractivity contribution in [3.8, 4) is 0 Å². The lowest BCUT2D eigenvalue weighted by Gasteiger charge is -2.14. The first-order valence-electron chi connectivity index (χ1n) is 5.99. The second kappa shape index (κ2) is 6.38. The lowest BCUT2D eigenvalue weighted by molar-refractivity contribution is 0.618. The fraction of sp³-hybridized carbons (Fsp3) is 0.200. The van der Waals surface area contributed by atoms with Crippen molar-refractivity contribution >= 4 is 23.2 Å². The fourth-order valence-corrected chi connectivity index (χ4v) is 2.41. The van der Waals surface area contributed by atoms with Gasteiger partial charge in [-0.05, 0) is 48.2 Å². The van der Waals surface area contributed by atoms with Gasteiger partial charge >= 0.3 is 0 Å². The van der Waals surface area contributed by atoms with E-state index in [0.717, 1.165) is 11.1 Å². The molecule has 1 atom stereocenters. The van der Waals surface area contributed by atoms with Crippen LogP contribution >= 0.6 is 23.2 Å². The van der Waals surface area contributed by atoms with E-state index in [0.29, 0.717) is 22.9 Å². The molecule has 1 nitrogen and oxygen atoms in total. The summed E-state index contributed by atoms with van der Waals surface area (Å²) in [7, 11) is 0. The summed E-state index contributed by atoms with van der Waals surface area (Å²) in [5.41, 5.74) is 7.80. The molecule has 0 bridgehead atoms. The van der Waals surface area contributed by atoms with Crippen molar-refractivity contribution in [3.05, 3.63) is 69.5 Å². The third kappa shape index (κ3) is 3.93. The highest BCUT2D eigenvalue weighted by Gasteiger charge is 2.11. The van der Waals surface area contributed by atoms with Gasteiger partial charge in [0.2, 0.25) is 0 Å². The summed E-state index contributed by atoms with van der Waals surface area (Å²) >= 11 is 12.1. The summed E-state index contributed by atoms with van der Waals surface area (Å²) < 4.78 is 13.2. The Labute approximate surface area is 122 Å². The maximum Gasteiger partial charge on any atom is 0.123 e. The second-order valence-electron chi connectivity index (χ2n) is 4.50. The van der Waals surface area contributed by atoms with Gasteiger partial charge in [0.1, 0.15) is 5.82 Å². The van der Waals surface area contributed by atoms with E-state index in [1.165, 1.54) is 12.1 Å². The average molecular weight is 298 g/mol. The van der Waals surface area contributed by atoms with Crippen molar-refractivity contribution in [1.29, 1.82) is 0 Å². The van der Waals surface area contributed by atoms with Crippen molar-refractivity contribution in [2.45, 2.75) is 18.9 Å². The summed E-state index contributed by atoms with van der Waals surface area (Å²) in [6.45, 7) is 0. The molecule has 2 rings (SSSR count). The van der Waals surface area contributed by atoms with Gasteiger partial charge in [-0.15, -0.1) is 0 Å². The third-order valence-electron chi connectivity index (χ3n) is 2.93.